The summed E-state index contributed by atoms with van der Waals surface area (Å²) in [5.74, 6) is 0. The van der Waals surface area contributed by atoms with Crippen molar-refractivity contribution in [3.63, 3.8) is 0 Å². The first-order valence-electron chi connectivity index (χ1n) is 0. The second-order valence-electron chi connectivity index (χ2n) is 0. The SMILES string of the molecule is [Ca+2].[H-].[H-].[PbH2].[SnH4].[Zr]. The minimum absolute atomic E-state index is 0. The van der Waals surface area contributed by atoms with Crippen LogP contribution < -0.4 is 0 Å². The zero-order valence-electron chi connectivity index (χ0n) is 3.91. The van der Waals surface area contributed by atoms with Gasteiger partial charge in [0.1, 0.15) is 0 Å². The summed E-state index contributed by atoms with van der Waals surface area (Å²) in [7, 11) is 0. The van der Waals surface area contributed by atoms with E-state index in [1.807, 2.05) is 0 Å². The molecule has 4 heteroatoms. The predicted octanol–water partition coefficient (Wildman–Crippen LogP) is -2.53. The summed E-state index contributed by atoms with van der Waals surface area (Å²) in [6.45, 7) is 0. The summed E-state index contributed by atoms with van der Waals surface area (Å²) < 4.78 is 0. The number of hydrogen-bond donors (Lipinski definition) is 0. The van der Waals surface area contributed by atoms with Crippen LogP contribution in [0, 0.1) is 0 Å². The molecule has 0 unspecified atom stereocenters. The molecule has 2 radical (unpaired) electrons. The molecule has 0 N–H and O–H groups in total. The van der Waals surface area contributed by atoms with Gasteiger partial charge in [-0.25, -0.2) is 0 Å². The Morgan fingerprint density at radius 2 is 1.25 bits per heavy atom. The molecule has 0 aliphatic rings. The maximum atomic E-state index is 0. The van der Waals surface area contributed by atoms with Gasteiger partial charge in [-0.15, -0.1) is 0 Å². The fraction of sp³-hybridized carbons (Fsp3) is 0. The predicted molar refractivity (Wildman–Crippen MR) is 27.9 cm³/mol. The quantitative estimate of drug-likeness (QED) is 0.347. The molecule has 0 aliphatic carbocycles. The monoisotopic (exact) mass is 466 g/mol. The molecule has 0 aromatic carbocycles. The van der Waals surface area contributed by atoms with Crippen LogP contribution in [-0.2, 0) is 26.2 Å². The van der Waals surface area contributed by atoms with Crippen molar-refractivity contribution in [3.8, 4) is 0 Å². The van der Waals surface area contributed by atoms with Gasteiger partial charge in [0.15, 0.2) is 0 Å². The zero-order chi connectivity index (χ0) is 0. The fourth-order valence-electron chi connectivity index (χ4n) is 0. The summed E-state index contributed by atoms with van der Waals surface area (Å²) in [6, 6.07) is 0. The van der Waals surface area contributed by atoms with Crippen LogP contribution in [0.2, 0.25) is 0 Å². The van der Waals surface area contributed by atoms with E-state index in [1.54, 1.807) is 0 Å². The topological polar surface area (TPSA) is 0 Å². The second-order valence-corrected chi connectivity index (χ2v) is 0. The van der Waals surface area contributed by atoms with E-state index in [9.17, 15) is 0 Å². The molecule has 0 nitrogen and oxygen atoms in total. The van der Waals surface area contributed by atoms with Crippen molar-refractivity contribution < 1.29 is 29.1 Å². The van der Waals surface area contributed by atoms with Gasteiger partial charge < -0.3 is 2.85 Å². The molecule has 0 spiro atoms. The van der Waals surface area contributed by atoms with Crippen LogP contribution in [0.1, 0.15) is 2.85 Å². The molecule has 0 aromatic rings. The van der Waals surface area contributed by atoms with Crippen LogP contribution in [0.25, 0.3) is 0 Å². The molecule has 0 heterocycles. The first-order chi connectivity index (χ1) is 0. The van der Waals surface area contributed by atoms with Gasteiger partial charge >= 0.3 is 88.9 Å². The third-order valence-corrected chi connectivity index (χ3v) is 0. The molecule has 0 aromatic heterocycles. The molecule has 22 valence electrons. The normalized spacial score (nSPS) is 0. The summed E-state index contributed by atoms with van der Waals surface area (Å²) in [5.41, 5.74) is 0. The van der Waals surface area contributed by atoms with Crippen molar-refractivity contribution in [3.05, 3.63) is 0 Å². The van der Waals surface area contributed by atoms with Gasteiger partial charge in [-0.05, 0) is 0 Å². The van der Waals surface area contributed by atoms with Gasteiger partial charge in [-0.1, -0.05) is 0 Å². The number of rotatable bonds is 0. The van der Waals surface area contributed by atoms with E-state index in [1.165, 1.54) is 0 Å². The Bertz CT molecular complexity index is 13.5. The summed E-state index contributed by atoms with van der Waals surface area (Å²) in [5, 5.41) is 0. The van der Waals surface area contributed by atoms with E-state index >= 15 is 0 Å². The molecule has 4 heavy (non-hydrogen) atoms. The Labute approximate surface area is 115 Å². The molecule has 0 saturated heterocycles. The minimum Gasteiger partial charge on any atom is 0 e. The van der Waals surface area contributed by atoms with Crippen molar-refractivity contribution in [1.82, 2.24) is 0 Å². The summed E-state index contributed by atoms with van der Waals surface area (Å²) in [4.78, 5) is 0. The van der Waals surface area contributed by atoms with Crippen LogP contribution in [0.4, 0.5) is 0 Å². The third kappa shape index (κ3) is 9.29. The molecule has 0 saturated carbocycles. The van der Waals surface area contributed by atoms with Gasteiger partial charge in [0.25, 0.3) is 0 Å². The fourth-order valence-corrected chi connectivity index (χ4v) is 0. The third-order valence-electron chi connectivity index (χ3n) is 0. The van der Waals surface area contributed by atoms with Crippen LogP contribution in [-0.4, -0.2) is 88.9 Å². The first kappa shape index (κ1) is 24.8. The van der Waals surface area contributed by atoms with Crippen LogP contribution >= 0.6 is 0 Å². The zero-order valence-corrected chi connectivity index (χ0v) is 12.1. The van der Waals surface area contributed by atoms with E-state index < -0.39 is 0 Å². The van der Waals surface area contributed by atoms with Crippen molar-refractivity contribution in [2.45, 2.75) is 0 Å². The molecule has 0 amide bonds. The largest absolute Gasteiger partial charge is 0 e. The smallest absolute Gasteiger partial charge is 0 e. The van der Waals surface area contributed by atoms with Crippen LogP contribution in [0.5, 0.6) is 0 Å². The van der Waals surface area contributed by atoms with E-state index in [4.69, 9.17) is 0 Å². The number of hydrogen-bond acceptors (Lipinski definition) is 0. The molecular formula is H8CaPbSnZr. The Morgan fingerprint density at radius 1 is 1.25 bits per heavy atom. The summed E-state index contributed by atoms with van der Waals surface area (Å²) >= 11 is 0. The van der Waals surface area contributed by atoms with Crippen molar-refractivity contribution >= 4 is 88.9 Å². The van der Waals surface area contributed by atoms with Gasteiger partial charge in [0.05, 0.1) is 0 Å². The van der Waals surface area contributed by atoms with Crippen molar-refractivity contribution in [2.24, 2.45) is 0 Å². The molecule has 0 atom stereocenters. The Kier molecular flexibility index (Phi) is 98.1. The average molecular weight is 465 g/mol. The second kappa shape index (κ2) is 15.8. The Hall–Kier alpha value is 3.86. The average Bonchev–Trinajstić information content (AvgIpc) is 0. The van der Waals surface area contributed by atoms with Gasteiger partial charge in [0, 0.05) is 26.2 Å². The van der Waals surface area contributed by atoms with Gasteiger partial charge in [-0.3, -0.25) is 0 Å². The maximum absolute atomic E-state index is 0. The molecule has 0 rings (SSSR count). The van der Waals surface area contributed by atoms with E-state index in [0.29, 0.717) is 0 Å². The Morgan fingerprint density at radius 3 is 1.25 bits per heavy atom. The van der Waals surface area contributed by atoms with Gasteiger partial charge in [0.2, 0.25) is 0 Å². The van der Waals surface area contributed by atoms with E-state index in [2.05, 4.69) is 0 Å². The molecular weight excluding hydrogens is 457 g/mol. The standard InChI is InChI=1S/Ca.Pb.Sn.Zr.8H/q+2;;;;;;;;;;2*-1. The Balaban J connectivity index is 0. The van der Waals surface area contributed by atoms with Crippen molar-refractivity contribution in [2.75, 3.05) is 0 Å². The molecule has 0 fully saturated rings. The molecule has 0 bridgehead atoms. The molecule has 0 aliphatic heterocycles. The van der Waals surface area contributed by atoms with E-state index in [0.717, 1.165) is 0 Å². The van der Waals surface area contributed by atoms with Crippen molar-refractivity contribution in [1.29, 1.82) is 0 Å². The maximum Gasteiger partial charge on any atom is 0 e. The van der Waals surface area contributed by atoms with Gasteiger partial charge in [-0.2, -0.15) is 0 Å². The first-order valence-corrected chi connectivity index (χ1v) is 0. The summed E-state index contributed by atoms with van der Waals surface area (Å²) in [6.07, 6.45) is 0. The van der Waals surface area contributed by atoms with Crippen LogP contribution in [0.15, 0.2) is 0 Å². The minimum atomic E-state index is 0. The van der Waals surface area contributed by atoms with Crippen LogP contribution in [0.3, 0.4) is 0 Å². The van der Waals surface area contributed by atoms with E-state index in [-0.39, 0.29) is 118 Å².